The van der Waals surface area contributed by atoms with Crippen LogP contribution in [0, 0.1) is 0 Å². The second kappa shape index (κ2) is 8.26. The fraction of sp³-hybridized carbons (Fsp3) is 0.533. The summed E-state index contributed by atoms with van der Waals surface area (Å²) >= 11 is 0. The molecule has 1 N–H and O–H groups in total. The molecule has 7 heteroatoms. The molecule has 0 unspecified atom stereocenters. The Balaban J connectivity index is 2.41. The zero-order chi connectivity index (χ0) is 16.8. The third-order valence-electron chi connectivity index (χ3n) is 3.34. The highest BCUT2D eigenvalue weighted by atomic mass is 32.2. The van der Waals surface area contributed by atoms with Gasteiger partial charge in [-0.25, -0.2) is 0 Å². The molecule has 1 aromatic carbocycles. The standard InChI is InChI=1S/C15H25N3O3S/c1-13(10-11-14-8-6-5-7-9-14)16-15(19)12-18(4)22(20,21)17(2)3/h5-9,13H,10-12H2,1-4H3,(H,16,19)/t13-/m0/s1. The molecule has 1 aromatic rings. The van der Waals surface area contributed by atoms with Crippen LogP contribution in [0.4, 0.5) is 0 Å². The van der Waals surface area contributed by atoms with E-state index in [-0.39, 0.29) is 18.5 Å². The highest BCUT2D eigenvalue weighted by Crippen LogP contribution is 2.05. The molecule has 1 amide bonds. The first-order valence-electron chi connectivity index (χ1n) is 7.20. The van der Waals surface area contributed by atoms with Crippen molar-refractivity contribution in [3.63, 3.8) is 0 Å². The van der Waals surface area contributed by atoms with Crippen molar-refractivity contribution < 1.29 is 13.2 Å². The number of likely N-dealkylation sites (N-methyl/N-ethyl adjacent to an activating group) is 1. The number of nitrogens with zero attached hydrogens (tertiary/aromatic N) is 2. The summed E-state index contributed by atoms with van der Waals surface area (Å²) in [4.78, 5) is 11.9. The SMILES string of the molecule is C[C@@H](CCc1ccccc1)NC(=O)CN(C)S(=O)(=O)N(C)C. The molecule has 0 saturated carbocycles. The first-order valence-corrected chi connectivity index (χ1v) is 8.60. The van der Waals surface area contributed by atoms with Gasteiger partial charge in [0.1, 0.15) is 0 Å². The number of hydrogen-bond donors (Lipinski definition) is 1. The molecule has 0 aromatic heterocycles. The van der Waals surface area contributed by atoms with Gasteiger partial charge < -0.3 is 5.32 Å². The highest BCUT2D eigenvalue weighted by molar-refractivity contribution is 7.86. The smallest absolute Gasteiger partial charge is 0.281 e. The maximum Gasteiger partial charge on any atom is 0.281 e. The molecule has 0 fully saturated rings. The van der Waals surface area contributed by atoms with E-state index in [4.69, 9.17) is 0 Å². The Kier molecular flexibility index (Phi) is 6.99. The zero-order valence-electron chi connectivity index (χ0n) is 13.6. The summed E-state index contributed by atoms with van der Waals surface area (Å²) in [6.45, 7) is 1.73. The van der Waals surface area contributed by atoms with Gasteiger partial charge in [0.05, 0.1) is 6.54 Å². The summed E-state index contributed by atoms with van der Waals surface area (Å²) in [6, 6.07) is 10.0. The van der Waals surface area contributed by atoms with Crippen molar-refractivity contribution in [2.75, 3.05) is 27.7 Å². The van der Waals surface area contributed by atoms with E-state index in [0.29, 0.717) is 0 Å². The third kappa shape index (κ3) is 5.75. The monoisotopic (exact) mass is 327 g/mol. The van der Waals surface area contributed by atoms with Crippen LogP contribution in [0.2, 0.25) is 0 Å². The number of carbonyl (C=O) groups excluding carboxylic acids is 1. The lowest BCUT2D eigenvalue weighted by atomic mass is 10.1. The third-order valence-corrected chi connectivity index (χ3v) is 5.18. The average molecular weight is 327 g/mol. The predicted octanol–water partition coefficient (Wildman–Crippen LogP) is 0.862. The number of aryl methyl sites for hydroxylation is 1. The minimum Gasteiger partial charge on any atom is -0.352 e. The zero-order valence-corrected chi connectivity index (χ0v) is 14.4. The largest absolute Gasteiger partial charge is 0.352 e. The average Bonchev–Trinajstić information content (AvgIpc) is 2.45. The Labute approximate surface area is 133 Å². The minimum absolute atomic E-state index is 0.0110. The van der Waals surface area contributed by atoms with Gasteiger partial charge in [0.15, 0.2) is 0 Å². The van der Waals surface area contributed by atoms with E-state index in [1.807, 2.05) is 37.3 Å². The first-order chi connectivity index (χ1) is 10.2. The van der Waals surface area contributed by atoms with Gasteiger partial charge in [0, 0.05) is 27.2 Å². The summed E-state index contributed by atoms with van der Waals surface area (Å²) in [5, 5.41) is 2.83. The van der Waals surface area contributed by atoms with Crippen LogP contribution in [0.3, 0.4) is 0 Å². The number of nitrogens with one attached hydrogen (secondary N) is 1. The van der Waals surface area contributed by atoms with Crippen LogP contribution in [0.1, 0.15) is 18.9 Å². The summed E-state index contributed by atoms with van der Waals surface area (Å²) in [6.07, 6.45) is 1.67. The predicted molar refractivity (Wildman–Crippen MR) is 87.6 cm³/mol. The van der Waals surface area contributed by atoms with Crippen molar-refractivity contribution in [1.29, 1.82) is 0 Å². The van der Waals surface area contributed by atoms with Crippen molar-refractivity contribution in [2.24, 2.45) is 0 Å². The minimum atomic E-state index is -3.56. The van der Waals surface area contributed by atoms with Gasteiger partial charge in [-0.3, -0.25) is 4.79 Å². The van der Waals surface area contributed by atoms with Crippen LogP contribution < -0.4 is 5.32 Å². The van der Waals surface area contributed by atoms with E-state index in [2.05, 4.69) is 5.32 Å². The van der Waals surface area contributed by atoms with Gasteiger partial charge in [-0.05, 0) is 25.3 Å². The molecule has 0 saturated heterocycles. The van der Waals surface area contributed by atoms with Gasteiger partial charge >= 0.3 is 0 Å². The Bertz CT molecular complexity index is 573. The lowest BCUT2D eigenvalue weighted by Gasteiger charge is -2.22. The Morgan fingerprint density at radius 3 is 2.32 bits per heavy atom. The van der Waals surface area contributed by atoms with Gasteiger partial charge in [-0.2, -0.15) is 17.0 Å². The molecule has 0 radical (unpaired) electrons. The Morgan fingerprint density at radius 2 is 1.77 bits per heavy atom. The summed E-state index contributed by atoms with van der Waals surface area (Å²) in [7, 11) is 0.709. The molecule has 1 atom stereocenters. The normalized spacial score (nSPS) is 13.4. The fourth-order valence-electron chi connectivity index (χ4n) is 1.98. The van der Waals surface area contributed by atoms with Crippen molar-refractivity contribution in [3.05, 3.63) is 35.9 Å². The number of benzene rings is 1. The lowest BCUT2D eigenvalue weighted by Crippen LogP contribution is -2.45. The molecule has 0 bridgehead atoms. The number of hydrogen-bond acceptors (Lipinski definition) is 3. The maximum absolute atomic E-state index is 11.9. The quantitative estimate of drug-likeness (QED) is 0.770. The number of carbonyl (C=O) groups is 1. The molecule has 124 valence electrons. The second-order valence-electron chi connectivity index (χ2n) is 5.54. The molecule has 0 spiro atoms. The number of amides is 1. The highest BCUT2D eigenvalue weighted by Gasteiger charge is 2.23. The molecule has 0 aliphatic rings. The van der Waals surface area contributed by atoms with E-state index >= 15 is 0 Å². The van der Waals surface area contributed by atoms with Gasteiger partial charge in [0.2, 0.25) is 5.91 Å². The molecule has 22 heavy (non-hydrogen) atoms. The maximum atomic E-state index is 11.9. The molecular formula is C15H25N3O3S. The van der Waals surface area contributed by atoms with E-state index in [1.54, 1.807) is 0 Å². The lowest BCUT2D eigenvalue weighted by molar-refractivity contribution is -0.121. The summed E-state index contributed by atoms with van der Waals surface area (Å²) in [5.74, 6) is -0.298. The number of rotatable bonds is 8. The van der Waals surface area contributed by atoms with Crippen LogP contribution in [-0.4, -0.2) is 56.7 Å². The van der Waals surface area contributed by atoms with E-state index in [1.165, 1.54) is 26.7 Å². The van der Waals surface area contributed by atoms with Gasteiger partial charge in [-0.1, -0.05) is 30.3 Å². The van der Waals surface area contributed by atoms with Crippen LogP contribution >= 0.6 is 0 Å². The second-order valence-corrected chi connectivity index (χ2v) is 7.79. The van der Waals surface area contributed by atoms with E-state index < -0.39 is 10.2 Å². The van der Waals surface area contributed by atoms with Crippen molar-refractivity contribution in [2.45, 2.75) is 25.8 Å². The Hall–Kier alpha value is -1.44. The Morgan fingerprint density at radius 1 is 1.18 bits per heavy atom. The summed E-state index contributed by atoms with van der Waals surface area (Å²) < 4.78 is 25.8. The van der Waals surface area contributed by atoms with Crippen LogP contribution in [0.25, 0.3) is 0 Å². The van der Waals surface area contributed by atoms with Crippen LogP contribution in [-0.2, 0) is 21.4 Å². The van der Waals surface area contributed by atoms with Crippen molar-refractivity contribution >= 4 is 16.1 Å². The molecular weight excluding hydrogens is 302 g/mol. The van der Waals surface area contributed by atoms with Crippen LogP contribution in [0.5, 0.6) is 0 Å². The summed E-state index contributed by atoms with van der Waals surface area (Å²) in [5.41, 5.74) is 1.22. The molecule has 0 heterocycles. The van der Waals surface area contributed by atoms with Crippen molar-refractivity contribution in [1.82, 2.24) is 13.9 Å². The molecule has 6 nitrogen and oxygen atoms in total. The van der Waals surface area contributed by atoms with Gasteiger partial charge in [0.25, 0.3) is 10.2 Å². The van der Waals surface area contributed by atoms with Crippen LogP contribution in [0.15, 0.2) is 30.3 Å². The molecule has 1 rings (SSSR count). The van der Waals surface area contributed by atoms with E-state index in [0.717, 1.165) is 21.5 Å². The molecule has 0 aliphatic carbocycles. The van der Waals surface area contributed by atoms with Crippen molar-refractivity contribution in [3.8, 4) is 0 Å². The van der Waals surface area contributed by atoms with Gasteiger partial charge in [-0.15, -0.1) is 0 Å². The first kappa shape index (κ1) is 18.6. The topological polar surface area (TPSA) is 69.7 Å². The molecule has 0 aliphatic heterocycles. The van der Waals surface area contributed by atoms with E-state index in [9.17, 15) is 13.2 Å². The fourth-order valence-corrected chi connectivity index (χ4v) is 2.82.